The third kappa shape index (κ3) is 5.39. The van der Waals surface area contributed by atoms with Gasteiger partial charge in [0.25, 0.3) is 12.0 Å². The molecule has 0 radical (unpaired) electrons. The first-order valence-electron chi connectivity index (χ1n) is 11.2. The maximum Gasteiger partial charge on any atom is 0.463 e. The Labute approximate surface area is 233 Å². The van der Waals surface area contributed by atoms with Crippen LogP contribution in [-0.2, 0) is 21.8 Å². The first-order chi connectivity index (χ1) is 18.9. The van der Waals surface area contributed by atoms with Crippen LogP contribution in [0.4, 0.5) is 43.9 Å². The highest BCUT2D eigenvalue weighted by Gasteiger charge is 2.64. The van der Waals surface area contributed by atoms with Crippen molar-refractivity contribution < 1.29 is 53.5 Å². The van der Waals surface area contributed by atoms with Crippen LogP contribution in [0.15, 0.2) is 53.7 Å². The maximum atomic E-state index is 14.4. The highest BCUT2D eigenvalue weighted by molar-refractivity contribution is 6.36. The van der Waals surface area contributed by atoms with Gasteiger partial charge in [-0.1, -0.05) is 64.8 Å². The molecule has 41 heavy (non-hydrogen) atoms. The van der Waals surface area contributed by atoms with Gasteiger partial charge in [-0.2, -0.15) is 35.1 Å². The number of alkyl halides is 10. The normalized spacial score (nSPS) is 18.0. The van der Waals surface area contributed by atoms with E-state index in [1.54, 1.807) is 0 Å². The van der Waals surface area contributed by atoms with Crippen LogP contribution < -0.4 is 5.32 Å². The van der Waals surface area contributed by atoms with Gasteiger partial charge < -0.3 is 10.2 Å². The molecule has 220 valence electrons. The Balaban J connectivity index is 1.70. The van der Waals surface area contributed by atoms with Crippen molar-refractivity contribution in [1.29, 1.82) is 0 Å². The molecular formula is C25H14Cl2F10N2O2. The summed E-state index contributed by atoms with van der Waals surface area (Å²) < 4.78 is 134. The lowest BCUT2D eigenvalue weighted by atomic mass is 9.85. The SMILES string of the molecule is O=C(NCc1ccc(C2=NOC(c3cc(Cl)c(C(F)F)c(Cl)c3)(C(F)(F)F)C2)c2ccccc12)C(F)(F)C(F)(F)F. The summed E-state index contributed by atoms with van der Waals surface area (Å²) in [7, 11) is 0. The van der Waals surface area contributed by atoms with E-state index in [0.29, 0.717) is 12.1 Å². The Morgan fingerprint density at radius 3 is 2.07 bits per heavy atom. The number of carbonyl (C=O) groups excluding carboxylic acids is 1. The van der Waals surface area contributed by atoms with Gasteiger partial charge in [0, 0.05) is 24.1 Å². The zero-order valence-electron chi connectivity index (χ0n) is 19.9. The number of halogens is 12. The summed E-state index contributed by atoms with van der Waals surface area (Å²) in [6.07, 6.45) is -15.4. The van der Waals surface area contributed by atoms with E-state index in [-0.39, 0.29) is 27.6 Å². The Kier molecular flexibility index (Phi) is 7.89. The number of oxime groups is 1. The lowest BCUT2D eigenvalue weighted by molar-refractivity contribution is -0.275. The average Bonchev–Trinajstić information content (AvgIpc) is 3.32. The summed E-state index contributed by atoms with van der Waals surface area (Å²) in [6.45, 7) is -0.770. The van der Waals surface area contributed by atoms with Gasteiger partial charge in [-0.05, 0) is 28.5 Å². The summed E-state index contributed by atoms with van der Waals surface area (Å²) >= 11 is 11.6. The second-order valence-corrected chi connectivity index (χ2v) is 9.67. The predicted molar refractivity (Wildman–Crippen MR) is 128 cm³/mol. The lowest BCUT2D eigenvalue weighted by Crippen LogP contribution is -2.50. The van der Waals surface area contributed by atoms with Crippen molar-refractivity contribution in [1.82, 2.24) is 5.32 Å². The molecule has 1 aliphatic heterocycles. The van der Waals surface area contributed by atoms with Crippen LogP contribution in [-0.4, -0.2) is 29.9 Å². The number of benzene rings is 3. The van der Waals surface area contributed by atoms with Crippen LogP contribution in [0.2, 0.25) is 10.0 Å². The van der Waals surface area contributed by atoms with E-state index < -0.39 is 70.3 Å². The molecule has 4 nitrogen and oxygen atoms in total. The average molecular weight is 635 g/mol. The summed E-state index contributed by atoms with van der Waals surface area (Å²) in [5.41, 5.74) is -4.86. The zero-order chi connectivity index (χ0) is 30.5. The van der Waals surface area contributed by atoms with Gasteiger partial charge in [-0.25, -0.2) is 8.78 Å². The number of amides is 1. The Morgan fingerprint density at radius 2 is 1.54 bits per heavy atom. The summed E-state index contributed by atoms with van der Waals surface area (Å²) in [5, 5.41) is 4.06. The van der Waals surface area contributed by atoms with Crippen molar-refractivity contribution in [3.05, 3.63) is 80.8 Å². The summed E-state index contributed by atoms with van der Waals surface area (Å²) in [6, 6.07) is 9.49. The standard InChI is InChI=1S/C25H14Cl2F10N2O2/c26-16-7-12(8-17(27)19(16)20(28)29)22(24(32,33)34)9-18(39-41-22)15-6-5-11(13-3-1-2-4-14(13)15)10-38-21(40)23(30,31)25(35,36)37/h1-8,20H,9-10H2,(H,38,40). The molecule has 0 spiro atoms. The fraction of sp³-hybridized carbons (Fsp3) is 0.280. The molecule has 0 fully saturated rings. The van der Waals surface area contributed by atoms with Crippen LogP contribution >= 0.6 is 23.2 Å². The van der Waals surface area contributed by atoms with Crippen molar-refractivity contribution in [3.63, 3.8) is 0 Å². The Bertz CT molecular complexity index is 1520. The molecule has 16 heteroatoms. The first-order valence-corrected chi connectivity index (χ1v) is 12.0. The number of fused-ring (bicyclic) bond motifs is 1. The van der Waals surface area contributed by atoms with Gasteiger partial charge in [0.15, 0.2) is 0 Å². The minimum atomic E-state index is -6.12. The quantitative estimate of drug-likeness (QED) is 0.277. The van der Waals surface area contributed by atoms with Crippen LogP contribution in [0.1, 0.15) is 35.1 Å². The molecule has 1 atom stereocenters. The van der Waals surface area contributed by atoms with E-state index in [0.717, 1.165) is 0 Å². The smallest absolute Gasteiger partial charge is 0.374 e. The minimum absolute atomic E-state index is 0.0680. The molecule has 1 aliphatic rings. The zero-order valence-corrected chi connectivity index (χ0v) is 21.4. The van der Waals surface area contributed by atoms with E-state index in [4.69, 9.17) is 28.0 Å². The minimum Gasteiger partial charge on any atom is -0.374 e. The number of carbonyl (C=O) groups is 1. The van der Waals surface area contributed by atoms with E-state index in [1.165, 1.54) is 41.7 Å². The molecule has 0 bridgehead atoms. The largest absolute Gasteiger partial charge is 0.463 e. The fourth-order valence-corrected chi connectivity index (χ4v) is 4.91. The van der Waals surface area contributed by atoms with E-state index in [9.17, 15) is 48.7 Å². The fourth-order valence-electron chi connectivity index (χ4n) is 4.26. The Hall–Kier alpha value is -3.26. The third-order valence-corrected chi connectivity index (χ3v) is 6.98. The number of hydrogen-bond acceptors (Lipinski definition) is 3. The molecule has 1 heterocycles. The van der Waals surface area contributed by atoms with Crippen molar-refractivity contribution in [2.45, 2.75) is 43.3 Å². The van der Waals surface area contributed by atoms with Gasteiger partial charge in [0.05, 0.1) is 21.3 Å². The first kappa shape index (κ1) is 30.7. The highest BCUT2D eigenvalue weighted by atomic mass is 35.5. The van der Waals surface area contributed by atoms with Gasteiger partial charge >= 0.3 is 24.2 Å². The van der Waals surface area contributed by atoms with Crippen molar-refractivity contribution in [2.24, 2.45) is 5.16 Å². The molecule has 1 N–H and O–H groups in total. The second-order valence-electron chi connectivity index (χ2n) is 8.86. The summed E-state index contributed by atoms with van der Waals surface area (Å²) in [5.74, 6) is -8.24. The second kappa shape index (κ2) is 10.5. The predicted octanol–water partition coefficient (Wildman–Crippen LogP) is 8.48. The van der Waals surface area contributed by atoms with Crippen molar-refractivity contribution in [2.75, 3.05) is 0 Å². The molecule has 1 amide bonds. The Morgan fingerprint density at radius 1 is 0.951 bits per heavy atom. The molecule has 1 unspecified atom stereocenters. The lowest BCUT2D eigenvalue weighted by Gasteiger charge is -2.30. The molecule has 0 saturated heterocycles. The number of nitrogens with one attached hydrogen (secondary N) is 1. The monoisotopic (exact) mass is 634 g/mol. The van der Waals surface area contributed by atoms with Crippen LogP contribution in [0.25, 0.3) is 10.8 Å². The number of rotatable bonds is 6. The molecule has 3 aromatic rings. The molecular weight excluding hydrogens is 621 g/mol. The van der Waals surface area contributed by atoms with E-state index in [2.05, 4.69) is 5.16 Å². The van der Waals surface area contributed by atoms with Crippen molar-refractivity contribution in [3.8, 4) is 0 Å². The van der Waals surface area contributed by atoms with Gasteiger partial charge in [0.1, 0.15) is 0 Å². The van der Waals surface area contributed by atoms with Gasteiger partial charge in [-0.15, -0.1) is 0 Å². The molecule has 0 aromatic heterocycles. The number of hydrogen-bond donors (Lipinski definition) is 1. The van der Waals surface area contributed by atoms with Crippen LogP contribution in [0.5, 0.6) is 0 Å². The summed E-state index contributed by atoms with van der Waals surface area (Å²) in [4.78, 5) is 16.4. The van der Waals surface area contributed by atoms with E-state index >= 15 is 0 Å². The topological polar surface area (TPSA) is 50.7 Å². The van der Waals surface area contributed by atoms with Gasteiger partial charge in [-0.3, -0.25) is 4.79 Å². The molecule has 3 aromatic carbocycles. The van der Waals surface area contributed by atoms with Gasteiger partial charge in [0.2, 0.25) is 0 Å². The number of nitrogens with zero attached hydrogens (tertiary/aromatic N) is 1. The van der Waals surface area contributed by atoms with Crippen LogP contribution in [0.3, 0.4) is 0 Å². The maximum absolute atomic E-state index is 14.4. The molecule has 0 saturated carbocycles. The third-order valence-electron chi connectivity index (χ3n) is 6.36. The van der Waals surface area contributed by atoms with Crippen LogP contribution in [0, 0.1) is 0 Å². The molecule has 0 aliphatic carbocycles. The highest BCUT2D eigenvalue weighted by Crippen LogP contribution is 2.51. The van der Waals surface area contributed by atoms with Crippen molar-refractivity contribution >= 4 is 45.6 Å². The van der Waals surface area contributed by atoms with E-state index in [1.807, 2.05) is 0 Å². The molecule has 4 rings (SSSR count).